The average Bonchev–Trinajstić information content (AvgIpc) is 3.22. The van der Waals surface area contributed by atoms with Crippen molar-refractivity contribution in [3.8, 4) is 5.75 Å². The molecule has 1 aromatic carbocycles. The zero-order valence-corrected chi connectivity index (χ0v) is 17.2. The first-order valence-corrected chi connectivity index (χ1v) is 10.3. The van der Waals surface area contributed by atoms with Crippen molar-refractivity contribution in [2.45, 2.75) is 32.4 Å². The first-order chi connectivity index (χ1) is 15.2. The topological polar surface area (TPSA) is 112 Å². The fraction of sp³-hybridized carbons (Fsp3) is 0.476. The molecule has 1 fully saturated rings. The second-order valence-electron chi connectivity index (χ2n) is 7.51. The average molecular weight is 428 g/mol. The minimum absolute atomic E-state index is 0.133. The zero-order valence-electron chi connectivity index (χ0n) is 17.2. The highest BCUT2D eigenvalue weighted by molar-refractivity contribution is 5.97. The number of rotatable bonds is 5. The SMILES string of the molecule is Cc1noc(COc2ccc3c(c2)CCN2C3=CC(OCC3COCCO3)=NC2O)n1. The predicted octanol–water partition coefficient (Wildman–Crippen LogP) is 1.28. The van der Waals surface area contributed by atoms with Gasteiger partial charge in [-0.3, -0.25) is 0 Å². The number of aryl methyl sites for hydroxylation is 1. The van der Waals surface area contributed by atoms with Gasteiger partial charge in [-0.25, -0.2) is 0 Å². The molecule has 10 nitrogen and oxygen atoms in total. The lowest BCUT2D eigenvalue weighted by molar-refractivity contribution is -0.103. The molecular formula is C21H24N4O6. The number of ether oxygens (including phenoxy) is 4. The van der Waals surface area contributed by atoms with E-state index in [9.17, 15) is 5.11 Å². The Kier molecular flexibility index (Phi) is 5.58. The van der Waals surface area contributed by atoms with Crippen LogP contribution in [0.5, 0.6) is 5.75 Å². The molecule has 1 N–H and O–H groups in total. The summed E-state index contributed by atoms with van der Waals surface area (Å²) >= 11 is 0. The minimum atomic E-state index is -0.983. The molecule has 0 amide bonds. The van der Waals surface area contributed by atoms with E-state index in [1.165, 1.54) is 0 Å². The molecule has 0 saturated carbocycles. The molecule has 1 aromatic heterocycles. The van der Waals surface area contributed by atoms with Gasteiger partial charge in [0.2, 0.25) is 12.2 Å². The van der Waals surface area contributed by atoms with Crippen LogP contribution in [0.2, 0.25) is 0 Å². The Morgan fingerprint density at radius 3 is 3.00 bits per heavy atom. The van der Waals surface area contributed by atoms with Crippen LogP contribution in [0, 0.1) is 6.92 Å². The summed E-state index contributed by atoms with van der Waals surface area (Å²) in [6, 6.07) is 5.87. The molecule has 1 saturated heterocycles. The summed E-state index contributed by atoms with van der Waals surface area (Å²) in [4.78, 5) is 10.3. The Morgan fingerprint density at radius 1 is 1.26 bits per heavy atom. The third-order valence-electron chi connectivity index (χ3n) is 5.30. The zero-order chi connectivity index (χ0) is 21.2. The van der Waals surface area contributed by atoms with Crippen LogP contribution in [0.25, 0.3) is 5.70 Å². The Hall–Kier alpha value is -2.95. The monoisotopic (exact) mass is 428 g/mol. The summed E-state index contributed by atoms with van der Waals surface area (Å²) in [5, 5.41) is 14.3. The number of aliphatic imine (C=N–C) groups is 1. The van der Waals surface area contributed by atoms with Gasteiger partial charge in [0.15, 0.2) is 12.4 Å². The van der Waals surface area contributed by atoms with Crippen molar-refractivity contribution < 1.29 is 28.6 Å². The van der Waals surface area contributed by atoms with Crippen molar-refractivity contribution in [3.63, 3.8) is 0 Å². The first kappa shape index (κ1) is 20.0. The highest BCUT2D eigenvalue weighted by Gasteiger charge is 2.30. The van der Waals surface area contributed by atoms with Crippen LogP contribution in [0.4, 0.5) is 0 Å². The molecule has 0 aliphatic carbocycles. The molecule has 4 heterocycles. The van der Waals surface area contributed by atoms with Crippen molar-refractivity contribution in [2.75, 3.05) is 33.0 Å². The number of hydrogen-bond acceptors (Lipinski definition) is 10. The van der Waals surface area contributed by atoms with Crippen LogP contribution in [0.3, 0.4) is 0 Å². The minimum Gasteiger partial charge on any atom is -0.484 e. The van der Waals surface area contributed by atoms with E-state index in [-0.39, 0.29) is 12.7 Å². The van der Waals surface area contributed by atoms with Crippen LogP contribution in [0.15, 0.2) is 33.8 Å². The fourth-order valence-electron chi connectivity index (χ4n) is 3.80. The number of aromatic nitrogens is 2. The van der Waals surface area contributed by atoms with E-state index in [0.717, 1.165) is 29.0 Å². The Labute approximate surface area is 179 Å². The van der Waals surface area contributed by atoms with Gasteiger partial charge in [-0.1, -0.05) is 5.16 Å². The van der Waals surface area contributed by atoms with E-state index >= 15 is 0 Å². The van der Waals surface area contributed by atoms with Crippen molar-refractivity contribution in [1.29, 1.82) is 0 Å². The molecule has 2 unspecified atom stereocenters. The molecule has 2 atom stereocenters. The van der Waals surface area contributed by atoms with Gasteiger partial charge in [0, 0.05) is 18.2 Å². The molecule has 5 rings (SSSR count). The van der Waals surface area contributed by atoms with E-state index in [1.807, 2.05) is 29.2 Å². The maximum Gasteiger partial charge on any atom is 0.264 e. The summed E-state index contributed by atoms with van der Waals surface area (Å²) in [6.45, 7) is 4.60. The van der Waals surface area contributed by atoms with Crippen LogP contribution in [-0.2, 0) is 27.2 Å². The molecule has 0 bridgehead atoms. The van der Waals surface area contributed by atoms with E-state index in [0.29, 0.717) is 50.6 Å². The van der Waals surface area contributed by atoms with Gasteiger partial charge in [-0.15, -0.1) is 0 Å². The van der Waals surface area contributed by atoms with E-state index in [2.05, 4.69) is 15.1 Å². The van der Waals surface area contributed by atoms with Crippen molar-refractivity contribution in [1.82, 2.24) is 15.0 Å². The van der Waals surface area contributed by atoms with Gasteiger partial charge in [0.05, 0.1) is 25.5 Å². The Balaban J connectivity index is 1.29. The third kappa shape index (κ3) is 4.41. The largest absolute Gasteiger partial charge is 0.484 e. The third-order valence-corrected chi connectivity index (χ3v) is 5.30. The summed E-state index contributed by atoms with van der Waals surface area (Å²) in [5.74, 6) is 2.12. The van der Waals surface area contributed by atoms with Crippen LogP contribution in [0.1, 0.15) is 22.8 Å². The lowest BCUT2D eigenvalue weighted by Gasteiger charge is -2.37. The molecule has 3 aliphatic heterocycles. The summed E-state index contributed by atoms with van der Waals surface area (Å²) in [7, 11) is 0. The van der Waals surface area contributed by atoms with Gasteiger partial charge in [0.1, 0.15) is 18.5 Å². The van der Waals surface area contributed by atoms with E-state index < -0.39 is 6.35 Å². The predicted molar refractivity (Wildman–Crippen MR) is 108 cm³/mol. The first-order valence-electron chi connectivity index (χ1n) is 10.3. The molecule has 164 valence electrons. The maximum atomic E-state index is 10.5. The standard InChI is InChI=1S/C21H24N4O6/c1-13-22-20(31-24-13)12-29-15-2-3-17-14(8-15)4-5-25-18(17)9-19(23-21(25)26)30-11-16-10-27-6-7-28-16/h2-3,8-9,16,21,26H,4-7,10-12H2,1H3. The molecule has 0 spiro atoms. The van der Waals surface area contributed by atoms with Gasteiger partial charge >= 0.3 is 0 Å². The second-order valence-corrected chi connectivity index (χ2v) is 7.51. The van der Waals surface area contributed by atoms with E-state index in [4.69, 9.17) is 23.5 Å². The quantitative estimate of drug-likeness (QED) is 0.752. The Morgan fingerprint density at radius 2 is 2.19 bits per heavy atom. The summed E-state index contributed by atoms with van der Waals surface area (Å²) in [5.41, 5.74) is 3.01. The fourth-order valence-corrected chi connectivity index (χ4v) is 3.80. The maximum absolute atomic E-state index is 10.5. The van der Waals surface area contributed by atoms with Crippen LogP contribution < -0.4 is 4.74 Å². The number of aliphatic hydroxyl groups excluding tert-OH is 1. The molecular weight excluding hydrogens is 404 g/mol. The number of benzene rings is 1. The normalized spacial score (nSPS) is 22.8. The number of fused-ring (bicyclic) bond motifs is 3. The second kappa shape index (κ2) is 8.66. The van der Waals surface area contributed by atoms with Gasteiger partial charge in [-0.2, -0.15) is 9.98 Å². The molecule has 3 aliphatic rings. The molecule has 2 aromatic rings. The van der Waals surface area contributed by atoms with Crippen LogP contribution in [-0.4, -0.2) is 71.5 Å². The molecule has 31 heavy (non-hydrogen) atoms. The van der Waals surface area contributed by atoms with Crippen molar-refractivity contribution in [3.05, 3.63) is 47.1 Å². The number of hydrogen-bond donors (Lipinski definition) is 1. The van der Waals surface area contributed by atoms with Crippen LogP contribution >= 0.6 is 0 Å². The highest BCUT2D eigenvalue weighted by Crippen LogP contribution is 2.34. The number of aliphatic hydroxyl groups is 1. The van der Waals surface area contributed by atoms with Gasteiger partial charge in [0.25, 0.3) is 5.89 Å². The van der Waals surface area contributed by atoms with Crippen molar-refractivity contribution in [2.24, 2.45) is 4.99 Å². The smallest absolute Gasteiger partial charge is 0.264 e. The van der Waals surface area contributed by atoms with Gasteiger partial charge in [-0.05, 0) is 37.1 Å². The molecule has 0 radical (unpaired) electrons. The highest BCUT2D eigenvalue weighted by atomic mass is 16.6. The Bertz CT molecular complexity index is 998. The summed E-state index contributed by atoms with van der Waals surface area (Å²) < 4.78 is 27.7. The summed E-state index contributed by atoms with van der Waals surface area (Å²) in [6.07, 6.45) is 1.50. The molecule has 10 heteroatoms. The van der Waals surface area contributed by atoms with Gasteiger partial charge < -0.3 is 33.5 Å². The number of nitrogens with zero attached hydrogens (tertiary/aromatic N) is 4. The van der Waals surface area contributed by atoms with E-state index in [1.54, 1.807) is 6.92 Å². The lowest BCUT2D eigenvalue weighted by atomic mass is 9.95. The lowest BCUT2D eigenvalue weighted by Crippen LogP contribution is -2.41. The van der Waals surface area contributed by atoms with Crippen molar-refractivity contribution >= 4 is 11.6 Å².